The fraction of sp³-hybridized carbons (Fsp3) is 0.556. The summed E-state index contributed by atoms with van der Waals surface area (Å²) in [4.78, 5) is 14.4. The van der Waals surface area contributed by atoms with Gasteiger partial charge in [-0.05, 0) is 0 Å². The van der Waals surface area contributed by atoms with E-state index in [9.17, 15) is 18.0 Å². The van der Waals surface area contributed by atoms with Gasteiger partial charge in [0, 0.05) is 7.11 Å². The third-order valence-corrected chi connectivity index (χ3v) is 1.71. The van der Waals surface area contributed by atoms with Crippen LogP contribution in [0.15, 0.2) is 4.42 Å². The maximum atomic E-state index is 11.8. The van der Waals surface area contributed by atoms with Crippen molar-refractivity contribution in [1.29, 1.82) is 0 Å². The summed E-state index contributed by atoms with van der Waals surface area (Å²) in [5.74, 6) is -2.09. The molecule has 0 aliphatic carbocycles. The minimum Gasteiger partial charge on any atom is -0.475 e. The Kier molecular flexibility index (Phi) is 4.68. The number of alkyl halides is 3. The number of rotatable bonds is 6. The van der Waals surface area contributed by atoms with Crippen LogP contribution in [0.2, 0.25) is 0 Å². The van der Waals surface area contributed by atoms with Gasteiger partial charge < -0.3 is 19.0 Å². The molecule has 1 rings (SSSR count). The first kappa shape index (κ1) is 14.5. The minimum atomic E-state index is -4.46. The van der Waals surface area contributed by atoms with Crippen molar-refractivity contribution >= 4 is 5.97 Å². The highest BCUT2D eigenvalue weighted by Crippen LogP contribution is 2.17. The summed E-state index contributed by atoms with van der Waals surface area (Å²) >= 11 is 0. The number of oxazole rings is 1. The quantitative estimate of drug-likeness (QED) is 0.844. The Hall–Kier alpha value is -1.61. The van der Waals surface area contributed by atoms with Gasteiger partial charge >= 0.3 is 12.1 Å². The number of ether oxygens (including phenoxy) is 2. The van der Waals surface area contributed by atoms with Gasteiger partial charge in [-0.3, -0.25) is 0 Å². The smallest absolute Gasteiger partial charge is 0.411 e. The number of aromatic nitrogens is 1. The van der Waals surface area contributed by atoms with Crippen LogP contribution in [0.3, 0.4) is 0 Å². The van der Waals surface area contributed by atoms with Crippen molar-refractivity contribution in [3.05, 3.63) is 17.3 Å². The van der Waals surface area contributed by atoms with Crippen LogP contribution >= 0.6 is 0 Å². The second-order valence-corrected chi connectivity index (χ2v) is 3.23. The molecule has 0 aliphatic heterocycles. The predicted octanol–water partition coefficient (Wildman–Crippen LogP) is 1.60. The molecule has 0 bridgehead atoms. The average Bonchev–Trinajstić information content (AvgIpc) is 2.60. The molecular formula is C9H10F3NO5. The highest BCUT2D eigenvalue weighted by molar-refractivity contribution is 5.85. The third-order valence-electron chi connectivity index (χ3n) is 1.71. The van der Waals surface area contributed by atoms with Crippen LogP contribution in [0.4, 0.5) is 13.2 Å². The fourth-order valence-electron chi connectivity index (χ4n) is 1.12. The molecule has 1 heterocycles. The van der Waals surface area contributed by atoms with Crippen LogP contribution < -0.4 is 0 Å². The molecule has 0 aromatic carbocycles. The number of carboxylic acid groups (broad SMARTS) is 1. The summed E-state index contributed by atoms with van der Waals surface area (Å²) in [7, 11) is 1.32. The maximum Gasteiger partial charge on any atom is 0.411 e. The molecule has 0 atom stereocenters. The zero-order chi connectivity index (χ0) is 13.8. The van der Waals surface area contributed by atoms with Crippen molar-refractivity contribution in [2.75, 3.05) is 13.7 Å². The first-order valence-corrected chi connectivity index (χ1v) is 4.69. The Morgan fingerprint density at radius 2 is 2.11 bits per heavy atom. The van der Waals surface area contributed by atoms with E-state index in [-0.39, 0.29) is 18.2 Å². The van der Waals surface area contributed by atoms with E-state index >= 15 is 0 Å². The van der Waals surface area contributed by atoms with Gasteiger partial charge in [0.1, 0.15) is 18.9 Å². The van der Waals surface area contributed by atoms with Crippen LogP contribution in [-0.2, 0) is 22.7 Å². The predicted molar refractivity (Wildman–Crippen MR) is 49.9 cm³/mol. The largest absolute Gasteiger partial charge is 0.475 e. The molecule has 0 unspecified atom stereocenters. The molecule has 1 N–H and O–H groups in total. The van der Waals surface area contributed by atoms with Crippen molar-refractivity contribution in [2.45, 2.75) is 19.4 Å². The molecule has 0 spiro atoms. The van der Waals surface area contributed by atoms with Gasteiger partial charge in [-0.15, -0.1) is 0 Å². The van der Waals surface area contributed by atoms with E-state index in [1.165, 1.54) is 7.11 Å². The van der Waals surface area contributed by atoms with Crippen LogP contribution in [0, 0.1) is 0 Å². The van der Waals surface area contributed by atoms with Gasteiger partial charge in [0.2, 0.25) is 11.7 Å². The zero-order valence-electron chi connectivity index (χ0n) is 9.28. The minimum absolute atomic E-state index is 0.00407. The summed E-state index contributed by atoms with van der Waals surface area (Å²) in [6.07, 6.45) is -4.46. The van der Waals surface area contributed by atoms with Crippen molar-refractivity contribution < 1.29 is 37.0 Å². The number of carboxylic acids is 1. The summed E-state index contributed by atoms with van der Waals surface area (Å²) in [5, 5.41) is 8.75. The Morgan fingerprint density at radius 1 is 1.44 bits per heavy atom. The second kappa shape index (κ2) is 5.83. The Labute approximate surface area is 99.3 Å². The van der Waals surface area contributed by atoms with Crippen LogP contribution in [-0.4, -0.2) is 36.0 Å². The molecule has 0 fully saturated rings. The van der Waals surface area contributed by atoms with Crippen molar-refractivity contribution in [2.24, 2.45) is 0 Å². The highest BCUT2D eigenvalue weighted by Gasteiger charge is 2.28. The number of nitrogens with zero attached hydrogens (tertiary/aromatic N) is 1. The van der Waals surface area contributed by atoms with Crippen molar-refractivity contribution in [3.63, 3.8) is 0 Å². The van der Waals surface area contributed by atoms with Gasteiger partial charge in [0.15, 0.2) is 0 Å². The number of carbonyl (C=O) groups is 1. The van der Waals surface area contributed by atoms with E-state index in [0.29, 0.717) is 0 Å². The fourth-order valence-corrected chi connectivity index (χ4v) is 1.12. The summed E-state index contributed by atoms with van der Waals surface area (Å²) in [5.41, 5.74) is -0.00407. The molecule has 18 heavy (non-hydrogen) atoms. The van der Waals surface area contributed by atoms with Crippen LogP contribution in [0.5, 0.6) is 0 Å². The lowest BCUT2D eigenvalue weighted by Gasteiger charge is -2.04. The maximum absolute atomic E-state index is 11.8. The first-order valence-electron chi connectivity index (χ1n) is 4.69. The normalized spacial score (nSPS) is 11.8. The Bertz CT molecular complexity index is 415. The second-order valence-electron chi connectivity index (χ2n) is 3.23. The topological polar surface area (TPSA) is 81.8 Å². The monoisotopic (exact) mass is 269 g/mol. The SMILES string of the molecule is COCc1nc(COCC(F)(F)F)oc1C(=O)O. The van der Waals surface area contributed by atoms with Crippen LogP contribution in [0.1, 0.15) is 22.1 Å². The van der Waals surface area contributed by atoms with E-state index in [4.69, 9.17) is 9.52 Å². The molecule has 0 radical (unpaired) electrons. The molecule has 6 nitrogen and oxygen atoms in total. The van der Waals surface area contributed by atoms with E-state index in [2.05, 4.69) is 14.5 Å². The van der Waals surface area contributed by atoms with Gasteiger partial charge in [-0.1, -0.05) is 0 Å². The number of hydrogen-bond donors (Lipinski definition) is 1. The molecule has 0 saturated carbocycles. The summed E-state index contributed by atoms with van der Waals surface area (Å²) < 4.78 is 49.1. The standard InChI is InChI=1S/C9H10F3NO5/c1-16-2-5-7(8(14)15)18-6(13-5)3-17-4-9(10,11)12/h2-4H2,1H3,(H,14,15). The van der Waals surface area contributed by atoms with Gasteiger partial charge in [-0.25, -0.2) is 9.78 Å². The summed E-state index contributed by atoms with van der Waals surface area (Å²) in [6, 6.07) is 0. The van der Waals surface area contributed by atoms with Crippen molar-refractivity contribution in [1.82, 2.24) is 4.98 Å². The lowest BCUT2D eigenvalue weighted by atomic mass is 10.3. The van der Waals surface area contributed by atoms with E-state index < -0.39 is 31.1 Å². The number of aromatic carboxylic acids is 1. The lowest BCUT2D eigenvalue weighted by molar-refractivity contribution is -0.177. The van der Waals surface area contributed by atoms with Crippen molar-refractivity contribution in [3.8, 4) is 0 Å². The first-order chi connectivity index (χ1) is 8.33. The summed E-state index contributed by atoms with van der Waals surface area (Å²) in [6.45, 7) is -2.15. The number of halogens is 3. The molecule has 9 heteroatoms. The van der Waals surface area contributed by atoms with Crippen LogP contribution in [0.25, 0.3) is 0 Å². The zero-order valence-corrected chi connectivity index (χ0v) is 9.28. The third kappa shape index (κ3) is 4.34. The molecule has 102 valence electrons. The lowest BCUT2D eigenvalue weighted by Crippen LogP contribution is -2.16. The average molecular weight is 269 g/mol. The molecule has 0 amide bonds. The molecular weight excluding hydrogens is 259 g/mol. The molecule has 1 aromatic rings. The molecule has 0 saturated heterocycles. The molecule has 0 aliphatic rings. The van der Waals surface area contributed by atoms with Gasteiger partial charge in [0.25, 0.3) is 0 Å². The Balaban J connectivity index is 2.67. The number of hydrogen-bond acceptors (Lipinski definition) is 5. The molecule has 1 aromatic heterocycles. The van der Waals surface area contributed by atoms with E-state index in [0.717, 1.165) is 0 Å². The number of methoxy groups -OCH3 is 1. The van der Waals surface area contributed by atoms with E-state index in [1.807, 2.05) is 0 Å². The van der Waals surface area contributed by atoms with E-state index in [1.54, 1.807) is 0 Å². The highest BCUT2D eigenvalue weighted by atomic mass is 19.4. The van der Waals surface area contributed by atoms with Gasteiger partial charge in [0.05, 0.1) is 6.61 Å². The van der Waals surface area contributed by atoms with Gasteiger partial charge in [-0.2, -0.15) is 13.2 Å². The Morgan fingerprint density at radius 3 is 2.61 bits per heavy atom.